The van der Waals surface area contributed by atoms with Crippen molar-refractivity contribution >= 4 is 21.8 Å². The van der Waals surface area contributed by atoms with Crippen LogP contribution in [-0.2, 0) is 11.3 Å². The minimum absolute atomic E-state index is 0.00798. The molecule has 5 heteroatoms. The van der Waals surface area contributed by atoms with E-state index >= 15 is 0 Å². The van der Waals surface area contributed by atoms with Gasteiger partial charge in [-0.05, 0) is 48.7 Å². The van der Waals surface area contributed by atoms with Gasteiger partial charge in [0, 0.05) is 17.1 Å². The first-order chi connectivity index (χ1) is 12.0. The van der Waals surface area contributed by atoms with Crippen molar-refractivity contribution in [3.63, 3.8) is 0 Å². The van der Waals surface area contributed by atoms with Gasteiger partial charge in [-0.15, -0.1) is 0 Å². The van der Waals surface area contributed by atoms with Crippen molar-refractivity contribution in [3.8, 4) is 5.75 Å². The van der Waals surface area contributed by atoms with E-state index in [9.17, 15) is 4.79 Å². The van der Waals surface area contributed by atoms with E-state index in [-0.39, 0.29) is 18.0 Å². The summed E-state index contributed by atoms with van der Waals surface area (Å²) in [5.41, 5.74) is 2.22. The third kappa shape index (κ3) is 5.87. The van der Waals surface area contributed by atoms with Gasteiger partial charge in [0.05, 0.1) is 13.2 Å². The molecule has 1 amide bonds. The van der Waals surface area contributed by atoms with Gasteiger partial charge in [0.1, 0.15) is 5.75 Å². The third-order valence-corrected chi connectivity index (χ3v) is 4.68. The minimum atomic E-state index is -0.271. The monoisotopic (exact) mass is 404 g/mol. The fourth-order valence-electron chi connectivity index (χ4n) is 2.61. The molecular weight excluding hydrogens is 380 g/mol. The first kappa shape index (κ1) is 19.5. The highest BCUT2D eigenvalue weighted by Crippen LogP contribution is 2.20. The molecule has 0 fully saturated rings. The van der Waals surface area contributed by atoms with Gasteiger partial charge in [-0.2, -0.15) is 0 Å². The molecule has 2 N–H and O–H groups in total. The van der Waals surface area contributed by atoms with Crippen LogP contribution in [0.4, 0.5) is 0 Å². The Morgan fingerprint density at radius 1 is 1.12 bits per heavy atom. The molecule has 0 heterocycles. The lowest BCUT2D eigenvalue weighted by molar-refractivity contribution is -0.123. The number of carbonyl (C=O) groups is 1. The van der Waals surface area contributed by atoms with Crippen LogP contribution in [0.1, 0.15) is 37.4 Å². The molecule has 2 atom stereocenters. The van der Waals surface area contributed by atoms with Crippen molar-refractivity contribution in [2.45, 2.75) is 38.9 Å². The molecule has 0 aromatic heterocycles. The highest BCUT2D eigenvalue weighted by atomic mass is 79.9. The molecule has 0 bridgehead atoms. The van der Waals surface area contributed by atoms with Crippen molar-refractivity contribution in [3.05, 3.63) is 64.1 Å². The maximum Gasteiger partial charge on any atom is 0.237 e. The van der Waals surface area contributed by atoms with E-state index < -0.39 is 0 Å². The molecule has 134 valence electrons. The number of hydrogen-bond acceptors (Lipinski definition) is 3. The zero-order valence-corrected chi connectivity index (χ0v) is 16.5. The summed E-state index contributed by atoms with van der Waals surface area (Å²) in [6.45, 7) is 4.51. The summed E-state index contributed by atoms with van der Waals surface area (Å²) in [7, 11) is 1.64. The Balaban J connectivity index is 1.88. The molecule has 0 aliphatic heterocycles. The summed E-state index contributed by atoms with van der Waals surface area (Å²) in [4.78, 5) is 12.4. The molecule has 4 nitrogen and oxygen atoms in total. The van der Waals surface area contributed by atoms with E-state index in [4.69, 9.17) is 4.74 Å². The number of rotatable bonds is 8. The summed E-state index contributed by atoms with van der Waals surface area (Å²) in [6, 6.07) is 15.8. The van der Waals surface area contributed by atoms with Crippen molar-refractivity contribution in [1.29, 1.82) is 0 Å². The average Bonchev–Trinajstić information content (AvgIpc) is 2.65. The maximum absolute atomic E-state index is 12.4. The summed E-state index contributed by atoms with van der Waals surface area (Å²) < 4.78 is 6.19. The predicted molar refractivity (Wildman–Crippen MR) is 105 cm³/mol. The lowest BCUT2D eigenvalue weighted by Crippen LogP contribution is -2.43. The van der Waals surface area contributed by atoms with Crippen molar-refractivity contribution in [2.24, 2.45) is 0 Å². The van der Waals surface area contributed by atoms with E-state index in [1.807, 2.05) is 43.3 Å². The van der Waals surface area contributed by atoms with Crippen molar-refractivity contribution in [1.82, 2.24) is 10.6 Å². The topological polar surface area (TPSA) is 50.4 Å². The van der Waals surface area contributed by atoms with Crippen LogP contribution in [0, 0.1) is 0 Å². The number of methoxy groups -OCH3 is 1. The number of carbonyl (C=O) groups excluding carboxylic acids is 1. The van der Waals surface area contributed by atoms with Crippen LogP contribution in [0.25, 0.3) is 0 Å². The number of amides is 1. The molecule has 0 saturated carbocycles. The molecule has 0 unspecified atom stereocenters. The van der Waals surface area contributed by atoms with E-state index in [2.05, 4.69) is 45.6 Å². The first-order valence-electron chi connectivity index (χ1n) is 8.45. The zero-order valence-electron chi connectivity index (χ0n) is 14.9. The number of nitrogens with one attached hydrogen (secondary N) is 2. The Kier molecular flexibility index (Phi) is 7.47. The van der Waals surface area contributed by atoms with E-state index in [0.717, 1.165) is 22.2 Å². The largest absolute Gasteiger partial charge is 0.497 e. The van der Waals surface area contributed by atoms with Gasteiger partial charge in [0.2, 0.25) is 5.91 Å². The summed E-state index contributed by atoms with van der Waals surface area (Å²) in [6.07, 6.45) is 0.914. The van der Waals surface area contributed by atoms with Crippen LogP contribution in [0.15, 0.2) is 53.0 Å². The highest BCUT2D eigenvalue weighted by molar-refractivity contribution is 9.10. The highest BCUT2D eigenvalue weighted by Gasteiger charge is 2.17. The van der Waals surface area contributed by atoms with Crippen LogP contribution >= 0.6 is 15.9 Å². The average molecular weight is 405 g/mol. The lowest BCUT2D eigenvalue weighted by atomic mass is 10.0. The molecular formula is C20H25BrN2O2. The Labute approximate surface area is 158 Å². The molecule has 2 aromatic carbocycles. The molecule has 25 heavy (non-hydrogen) atoms. The Hall–Kier alpha value is -1.85. The minimum Gasteiger partial charge on any atom is -0.497 e. The van der Waals surface area contributed by atoms with Gasteiger partial charge in [0.25, 0.3) is 0 Å². The van der Waals surface area contributed by atoms with Crippen LogP contribution < -0.4 is 15.4 Å². The van der Waals surface area contributed by atoms with Crippen LogP contribution in [0.5, 0.6) is 5.75 Å². The Morgan fingerprint density at radius 2 is 1.76 bits per heavy atom. The third-order valence-electron chi connectivity index (χ3n) is 4.15. The molecule has 0 radical (unpaired) electrons. The molecule has 0 aliphatic rings. The second-order valence-electron chi connectivity index (χ2n) is 5.97. The van der Waals surface area contributed by atoms with Gasteiger partial charge >= 0.3 is 0 Å². The Morgan fingerprint density at radius 3 is 2.32 bits per heavy atom. The number of halogens is 1. The van der Waals surface area contributed by atoms with Gasteiger partial charge in [-0.25, -0.2) is 0 Å². The maximum atomic E-state index is 12.4. The van der Waals surface area contributed by atoms with E-state index in [0.29, 0.717) is 6.54 Å². The predicted octanol–water partition coefficient (Wildman–Crippen LogP) is 4.20. The van der Waals surface area contributed by atoms with E-state index in [1.54, 1.807) is 7.11 Å². The Bertz CT molecular complexity index is 671. The zero-order chi connectivity index (χ0) is 18.2. The van der Waals surface area contributed by atoms with Crippen molar-refractivity contribution in [2.75, 3.05) is 7.11 Å². The first-order valence-corrected chi connectivity index (χ1v) is 9.25. The normalized spacial score (nSPS) is 13.1. The second-order valence-corrected chi connectivity index (χ2v) is 6.88. The van der Waals surface area contributed by atoms with E-state index in [1.165, 1.54) is 5.56 Å². The molecule has 0 saturated heterocycles. The van der Waals surface area contributed by atoms with Crippen LogP contribution in [0.3, 0.4) is 0 Å². The number of benzene rings is 2. The quantitative estimate of drug-likeness (QED) is 0.692. The van der Waals surface area contributed by atoms with Crippen LogP contribution in [-0.4, -0.2) is 19.1 Å². The molecule has 2 aromatic rings. The van der Waals surface area contributed by atoms with Gasteiger partial charge in [-0.3, -0.25) is 10.1 Å². The summed E-state index contributed by atoms with van der Waals surface area (Å²) >= 11 is 3.45. The summed E-state index contributed by atoms with van der Waals surface area (Å²) in [5, 5.41) is 6.39. The number of hydrogen-bond donors (Lipinski definition) is 2. The van der Waals surface area contributed by atoms with Crippen molar-refractivity contribution < 1.29 is 9.53 Å². The van der Waals surface area contributed by atoms with Crippen LogP contribution in [0.2, 0.25) is 0 Å². The standard InChI is InChI=1S/C20H25BrN2O2/c1-4-19(16-7-9-17(21)10-8-16)23-14(2)20(24)22-13-15-5-11-18(25-3)12-6-15/h5-12,14,19,23H,4,13H2,1-3H3,(H,22,24)/t14-,19+/m1/s1. The molecule has 0 aliphatic carbocycles. The van der Waals surface area contributed by atoms with Gasteiger partial charge in [0.15, 0.2) is 0 Å². The van der Waals surface area contributed by atoms with Gasteiger partial charge < -0.3 is 10.1 Å². The fraction of sp³-hybridized carbons (Fsp3) is 0.350. The fourth-order valence-corrected chi connectivity index (χ4v) is 2.87. The molecule has 0 spiro atoms. The smallest absolute Gasteiger partial charge is 0.237 e. The SMILES string of the molecule is CC[C@H](N[C@H](C)C(=O)NCc1ccc(OC)cc1)c1ccc(Br)cc1. The summed E-state index contributed by atoms with van der Waals surface area (Å²) in [5.74, 6) is 0.803. The van der Waals surface area contributed by atoms with Gasteiger partial charge in [-0.1, -0.05) is 47.1 Å². The molecule has 2 rings (SSSR count). The second kappa shape index (κ2) is 9.59. The number of ether oxygens (including phenoxy) is 1. The lowest BCUT2D eigenvalue weighted by Gasteiger charge is -2.22.